The number of unbranched alkanes of at least 4 members (excludes halogenated alkanes) is 5. The van der Waals surface area contributed by atoms with E-state index >= 15 is 0 Å². The summed E-state index contributed by atoms with van der Waals surface area (Å²) in [6.07, 6.45) is 12.1. The molecule has 1 unspecified atom stereocenters. The third kappa shape index (κ3) is 7.08. The van der Waals surface area contributed by atoms with Crippen LogP contribution >= 0.6 is 0 Å². The van der Waals surface area contributed by atoms with Gasteiger partial charge in [0, 0.05) is 6.61 Å². The van der Waals surface area contributed by atoms with Gasteiger partial charge in [0.25, 0.3) is 0 Å². The number of nitrogens with zero attached hydrogens (tertiary/aromatic N) is 1. The quantitative estimate of drug-likeness (QED) is 0.244. The van der Waals surface area contributed by atoms with E-state index in [4.69, 9.17) is 10.3 Å². The Labute approximate surface area is 135 Å². The summed E-state index contributed by atoms with van der Waals surface area (Å²) in [6.45, 7) is 2.54. The lowest BCUT2D eigenvalue weighted by Crippen LogP contribution is -2.03. The van der Waals surface area contributed by atoms with Crippen molar-refractivity contribution in [3.8, 4) is 0 Å². The molecule has 3 heteroatoms. The Morgan fingerprint density at radius 3 is 2.41 bits per heavy atom. The van der Waals surface area contributed by atoms with Crippen LogP contribution in [0.2, 0.25) is 0 Å². The number of oxime groups is 1. The highest BCUT2D eigenvalue weighted by Gasteiger charge is 2.14. The third-order valence-electron chi connectivity index (χ3n) is 4.25. The molecule has 0 saturated carbocycles. The summed E-state index contributed by atoms with van der Waals surface area (Å²) in [7, 11) is 0. The van der Waals surface area contributed by atoms with E-state index in [2.05, 4.69) is 24.2 Å². The van der Waals surface area contributed by atoms with Crippen LogP contribution in [0.5, 0.6) is 0 Å². The molecule has 1 atom stereocenters. The second kappa shape index (κ2) is 12.2. The van der Waals surface area contributed by atoms with E-state index in [0.29, 0.717) is 12.5 Å². The molecule has 0 spiro atoms. The fourth-order valence-electron chi connectivity index (χ4n) is 3.00. The third-order valence-corrected chi connectivity index (χ3v) is 4.25. The lowest BCUT2D eigenvalue weighted by molar-refractivity contribution is 0.282. The fourth-order valence-corrected chi connectivity index (χ4v) is 3.00. The van der Waals surface area contributed by atoms with Crippen LogP contribution in [0.25, 0.3) is 0 Å². The second-order valence-corrected chi connectivity index (χ2v) is 5.99. The average Bonchev–Trinajstić information content (AvgIpc) is 2.54. The number of hydrogen-bond donors (Lipinski definition) is 2. The molecule has 1 aromatic carbocycles. The maximum absolute atomic E-state index is 8.85. The van der Waals surface area contributed by atoms with Gasteiger partial charge in [0.05, 0.1) is 6.21 Å². The van der Waals surface area contributed by atoms with Gasteiger partial charge in [-0.1, -0.05) is 74.9 Å². The van der Waals surface area contributed by atoms with Gasteiger partial charge in [0.15, 0.2) is 0 Å². The first-order valence-electron chi connectivity index (χ1n) is 8.70. The Balaban J connectivity index is 2.60. The summed E-state index contributed by atoms with van der Waals surface area (Å²) in [4.78, 5) is 0. The van der Waals surface area contributed by atoms with Gasteiger partial charge >= 0.3 is 0 Å². The summed E-state index contributed by atoms with van der Waals surface area (Å²) in [5.41, 5.74) is 2.34. The van der Waals surface area contributed by atoms with Crippen LogP contribution in [-0.4, -0.2) is 23.1 Å². The van der Waals surface area contributed by atoms with Crippen LogP contribution in [0, 0.1) is 0 Å². The van der Waals surface area contributed by atoms with Crippen molar-refractivity contribution in [3.63, 3.8) is 0 Å². The van der Waals surface area contributed by atoms with Crippen molar-refractivity contribution in [2.24, 2.45) is 5.16 Å². The predicted molar refractivity (Wildman–Crippen MR) is 92.9 cm³/mol. The molecule has 0 aromatic heterocycles. The van der Waals surface area contributed by atoms with E-state index < -0.39 is 0 Å². The van der Waals surface area contributed by atoms with Crippen molar-refractivity contribution in [3.05, 3.63) is 35.4 Å². The number of hydrogen-bond acceptors (Lipinski definition) is 3. The van der Waals surface area contributed by atoms with E-state index in [9.17, 15) is 0 Å². The van der Waals surface area contributed by atoms with Gasteiger partial charge in [-0.2, -0.15) is 0 Å². The number of benzene rings is 1. The summed E-state index contributed by atoms with van der Waals surface area (Å²) in [6, 6.07) is 8.26. The van der Waals surface area contributed by atoms with Crippen molar-refractivity contribution in [2.45, 2.75) is 70.6 Å². The first-order valence-corrected chi connectivity index (χ1v) is 8.70. The lowest BCUT2D eigenvalue weighted by Gasteiger charge is -2.19. The van der Waals surface area contributed by atoms with Gasteiger partial charge in [0.1, 0.15) is 0 Å². The Morgan fingerprint density at radius 2 is 1.68 bits per heavy atom. The molecule has 0 fully saturated rings. The zero-order valence-electron chi connectivity index (χ0n) is 13.9. The van der Waals surface area contributed by atoms with Crippen LogP contribution in [0.15, 0.2) is 29.4 Å². The average molecular weight is 305 g/mol. The minimum absolute atomic E-state index is 0.312. The molecule has 0 aliphatic rings. The van der Waals surface area contributed by atoms with E-state index in [0.717, 1.165) is 18.4 Å². The molecule has 1 aromatic rings. The van der Waals surface area contributed by atoms with Gasteiger partial charge < -0.3 is 10.3 Å². The van der Waals surface area contributed by atoms with Crippen molar-refractivity contribution in [1.29, 1.82) is 0 Å². The Morgan fingerprint density at radius 1 is 1.00 bits per heavy atom. The van der Waals surface area contributed by atoms with E-state index in [1.54, 1.807) is 6.21 Å². The van der Waals surface area contributed by atoms with Crippen molar-refractivity contribution in [1.82, 2.24) is 0 Å². The molecule has 0 aliphatic carbocycles. The maximum atomic E-state index is 8.85. The molecule has 0 bridgehead atoms. The number of rotatable bonds is 12. The van der Waals surface area contributed by atoms with Crippen molar-refractivity contribution >= 4 is 6.21 Å². The highest BCUT2D eigenvalue weighted by Crippen LogP contribution is 2.30. The predicted octanol–water partition coefficient (Wildman–Crippen LogP) is 5.10. The number of aliphatic hydroxyl groups excluding tert-OH is 1. The zero-order valence-corrected chi connectivity index (χ0v) is 13.9. The Hall–Kier alpha value is -1.35. The molecule has 0 saturated heterocycles. The topological polar surface area (TPSA) is 52.8 Å². The largest absolute Gasteiger partial charge is 0.411 e. The Kier molecular flexibility index (Phi) is 10.4. The lowest BCUT2D eigenvalue weighted by atomic mass is 9.86. The van der Waals surface area contributed by atoms with Crippen LogP contribution in [0.3, 0.4) is 0 Å². The Bertz CT molecular complexity index is 418. The zero-order chi connectivity index (χ0) is 16.0. The van der Waals surface area contributed by atoms with E-state index in [1.807, 2.05) is 12.1 Å². The molecule has 0 radical (unpaired) electrons. The fraction of sp³-hybridized carbons (Fsp3) is 0.632. The molecule has 124 valence electrons. The maximum Gasteiger partial charge on any atom is 0.0736 e. The van der Waals surface area contributed by atoms with Gasteiger partial charge in [-0.3, -0.25) is 0 Å². The van der Waals surface area contributed by atoms with E-state index in [1.165, 1.54) is 50.5 Å². The van der Waals surface area contributed by atoms with Crippen molar-refractivity contribution in [2.75, 3.05) is 6.61 Å². The first-order chi connectivity index (χ1) is 10.8. The normalized spacial score (nSPS) is 12.8. The van der Waals surface area contributed by atoms with Crippen molar-refractivity contribution < 1.29 is 10.3 Å². The van der Waals surface area contributed by atoms with Crippen LogP contribution in [-0.2, 0) is 0 Å². The molecule has 0 heterocycles. The standard InChI is InChI=1S/C19H31NO2/c1-2-3-11-17(12-7-5-4-6-10-15-21)19-14-9-8-13-18(19)16-20-22/h8-9,13-14,16-17,21-22H,2-7,10-12,15H2,1H3. The van der Waals surface area contributed by atoms with Crippen LogP contribution < -0.4 is 0 Å². The molecular formula is C19H31NO2. The van der Waals surface area contributed by atoms with Gasteiger partial charge in [-0.25, -0.2) is 0 Å². The highest BCUT2D eigenvalue weighted by molar-refractivity contribution is 5.81. The summed E-state index contributed by atoms with van der Waals surface area (Å²) in [5.74, 6) is 0.548. The van der Waals surface area contributed by atoms with Gasteiger partial charge in [-0.15, -0.1) is 0 Å². The molecule has 0 amide bonds. The highest BCUT2D eigenvalue weighted by atomic mass is 16.4. The van der Waals surface area contributed by atoms with Gasteiger partial charge in [-0.05, 0) is 36.3 Å². The summed E-state index contributed by atoms with van der Waals surface area (Å²) in [5, 5.41) is 20.9. The molecule has 2 N–H and O–H groups in total. The molecule has 1 rings (SSSR count). The van der Waals surface area contributed by atoms with Crippen LogP contribution in [0.1, 0.15) is 81.8 Å². The number of aliphatic hydroxyl groups is 1. The molecular weight excluding hydrogens is 274 g/mol. The molecule has 22 heavy (non-hydrogen) atoms. The monoisotopic (exact) mass is 305 g/mol. The molecule has 3 nitrogen and oxygen atoms in total. The first kappa shape index (κ1) is 18.7. The summed E-state index contributed by atoms with van der Waals surface area (Å²) < 4.78 is 0. The van der Waals surface area contributed by atoms with E-state index in [-0.39, 0.29) is 0 Å². The summed E-state index contributed by atoms with van der Waals surface area (Å²) >= 11 is 0. The minimum atomic E-state index is 0.312. The SMILES string of the molecule is CCCCC(CCCCCCCO)c1ccccc1C=NO. The smallest absolute Gasteiger partial charge is 0.0736 e. The minimum Gasteiger partial charge on any atom is -0.411 e. The van der Waals surface area contributed by atoms with Gasteiger partial charge in [0.2, 0.25) is 0 Å². The van der Waals surface area contributed by atoms with Crippen LogP contribution in [0.4, 0.5) is 0 Å². The second-order valence-electron chi connectivity index (χ2n) is 5.99. The molecule has 0 aliphatic heterocycles.